The molecular formula is C16H23BrN2O4. The van der Waals surface area contributed by atoms with E-state index in [0.29, 0.717) is 12.3 Å². The van der Waals surface area contributed by atoms with Crippen LogP contribution in [0, 0.1) is 0 Å². The molecule has 23 heavy (non-hydrogen) atoms. The van der Waals surface area contributed by atoms with Crippen molar-refractivity contribution in [2.24, 2.45) is 0 Å². The Morgan fingerprint density at radius 2 is 1.83 bits per heavy atom. The molecule has 0 bridgehead atoms. The number of benzene rings is 1. The molecule has 1 aromatic rings. The average Bonchev–Trinajstić information content (AvgIpc) is 2.43. The van der Waals surface area contributed by atoms with E-state index < -0.39 is 17.7 Å². The molecule has 7 heteroatoms. The molecule has 6 nitrogen and oxygen atoms in total. The van der Waals surface area contributed by atoms with E-state index in [2.05, 4.69) is 26.6 Å². The summed E-state index contributed by atoms with van der Waals surface area (Å²) in [6, 6.07) is 6.36. The summed E-state index contributed by atoms with van der Waals surface area (Å²) in [5.74, 6) is 0.281. The molecule has 0 radical (unpaired) electrons. The van der Waals surface area contributed by atoms with Crippen molar-refractivity contribution < 1.29 is 19.1 Å². The number of halogens is 1. The Labute approximate surface area is 145 Å². The normalized spacial score (nSPS) is 12.2. The summed E-state index contributed by atoms with van der Waals surface area (Å²) < 4.78 is 11.7. The molecular weight excluding hydrogens is 364 g/mol. The average molecular weight is 387 g/mol. The maximum Gasteiger partial charge on any atom is 0.408 e. The van der Waals surface area contributed by atoms with Crippen LogP contribution >= 0.6 is 15.9 Å². The first-order valence-corrected chi connectivity index (χ1v) is 8.16. The van der Waals surface area contributed by atoms with Gasteiger partial charge in [-0.3, -0.25) is 4.79 Å². The minimum atomic E-state index is -0.839. The van der Waals surface area contributed by atoms with Crippen LogP contribution in [0.2, 0.25) is 0 Å². The van der Waals surface area contributed by atoms with E-state index in [1.807, 2.05) is 12.1 Å². The first kappa shape index (κ1) is 19.3. The quantitative estimate of drug-likeness (QED) is 0.787. The van der Waals surface area contributed by atoms with Crippen LogP contribution in [-0.2, 0) is 9.53 Å². The summed E-state index contributed by atoms with van der Waals surface area (Å²) in [4.78, 5) is 23.9. The SMILES string of the molecule is CCNC(=O)C(COc1ccc(Br)cc1)NC(=O)OC(C)(C)C. The van der Waals surface area contributed by atoms with E-state index in [-0.39, 0.29) is 12.5 Å². The van der Waals surface area contributed by atoms with Crippen molar-refractivity contribution in [1.82, 2.24) is 10.6 Å². The highest BCUT2D eigenvalue weighted by Gasteiger charge is 2.24. The van der Waals surface area contributed by atoms with Crippen LogP contribution in [0.1, 0.15) is 27.7 Å². The van der Waals surface area contributed by atoms with Crippen LogP contribution in [0.15, 0.2) is 28.7 Å². The summed E-state index contributed by atoms with van der Waals surface area (Å²) in [5.41, 5.74) is -0.636. The number of alkyl carbamates (subject to hydrolysis) is 1. The Balaban J connectivity index is 2.66. The maximum atomic E-state index is 12.1. The van der Waals surface area contributed by atoms with Gasteiger partial charge in [0.15, 0.2) is 0 Å². The Kier molecular flexibility index (Phi) is 7.35. The number of rotatable bonds is 6. The van der Waals surface area contributed by atoms with Gasteiger partial charge in [-0.05, 0) is 52.0 Å². The number of amides is 2. The predicted octanol–water partition coefficient (Wildman–Crippen LogP) is 2.86. The zero-order valence-electron chi connectivity index (χ0n) is 13.8. The Morgan fingerprint density at radius 1 is 1.22 bits per heavy atom. The molecule has 0 heterocycles. The Morgan fingerprint density at radius 3 is 2.35 bits per heavy atom. The molecule has 0 aliphatic heterocycles. The van der Waals surface area contributed by atoms with Crippen molar-refractivity contribution in [2.45, 2.75) is 39.3 Å². The molecule has 0 aliphatic carbocycles. The summed E-state index contributed by atoms with van der Waals surface area (Å²) in [6.07, 6.45) is -0.659. The van der Waals surface area contributed by atoms with E-state index in [1.165, 1.54) is 0 Å². The van der Waals surface area contributed by atoms with E-state index in [1.54, 1.807) is 39.8 Å². The van der Waals surface area contributed by atoms with Gasteiger partial charge in [0.25, 0.3) is 0 Å². The molecule has 0 spiro atoms. The molecule has 1 aromatic carbocycles. The highest BCUT2D eigenvalue weighted by Crippen LogP contribution is 2.16. The molecule has 2 N–H and O–H groups in total. The summed E-state index contributed by atoms with van der Waals surface area (Å²) >= 11 is 3.34. The Hall–Kier alpha value is -1.76. The van der Waals surface area contributed by atoms with Crippen LogP contribution in [-0.4, -0.2) is 36.8 Å². The van der Waals surface area contributed by atoms with Crippen molar-refractivity contribution in [3.63, 3.8) is 0 Å². The number of hydrogen-bond acceptors (Lipinski definition) is 4. The fourth-order valence-electron chi connectivity index (χ4n) is 1.64. The van der Waals surface area contributed by atoms with Crippen LogP contribution in [0.5, 0.6) is 5.75 Å². The fraction of sp³-hybridized carbons (Fsp3) is 0.500. The van der Waals surface area contributed by atoms with Gasteiger partial charge in [0, 0.05) is 11.0 Å². The van der Waals surface area contributed by atoms with E-state index >= 15 is 0 Å². The van der Waals surface area contributed by atoms with Gasteiger partial charge in [-0.2, -0.15) is 0 Å². The Bertz CT molecular complexity index is 526. The largest absolute Gasteiger partial charge is 0.491 e. The molecule has 0 saturated carbocycles. The minimum absolute atomic E-state index is 0.00666. The highest BCUT2D eigenvalue weighted by molar-refractivity contribution is 9.10. The topological polar surface area (TPSA) is 76.7 Å². The lowest BCUT2D eigenvalue weighted by atomic mass is 10.2. The molecule has 0 aromatic heterocycles. The van der Waals surface area contributed by atoms with E-state index in [9.17, 15) is 9.59 Å². The van der Waals surface area contributed by atoms with Crippen molar-refractivity contribution in [1.29, 1.82) is 0 Å². The molecule has 1 unspecified atom stereocenters. The third-order valence-corrected chi connectivity index (χ3v) is 3.12. The lowest BCUT2D eigenvalue weighted by Crippen LogP contribution is -2.51. The summed E-state index contributed by atoms with van der Waals surface area (Å²) in [5, 5.41) is 5.19. The van der Waals surface area contributed by atoms with Gasteiger partial charge in [-0.1, -0.05) is 15.9 Å². The molecule has 1 atom stereocenters. The fourth-order valence-corrected chi connectivity index (χ4v) is 1.90. The zero-order chi connectivity index (χ0) is 17.5. The molecule has 1 rings (SSSR count). The van der Waals surface area contributed by atoms with Crippen LogP contribution in [0.4, 0.5) is 4.79 Å². The first-order chi connectivity index (χ1) is 10.7. The van der Waals surface area contributed by atoms with Gasteiger partial charge >= 0.3 is 6.09 Å². The molecule has 128 valence electrons. The minimum Gasteiger partial charge on any atom is -0.491 e. The van der Waals surface area contributed by atoms with E-state index in [4.69, 9.17) is 9.47 Å². The third-order valence-electron chi connectivity index (χ3n) is 2.59. The van der Waals surface area contributed by atoms with Crippen molar-refractivity contribution in [3.8, 4) is 5.75 Å². The number of nitrogens with one attached hydrogen (secondary N) is 2. The van der Waals surface area contributed by atoms with Gasteiger partial charge in [0.05, 0.1) is 0 Å². The maximum absolute atomic E-state index is 12.1. The number of carbonyl (C=O) groups excluding carboxylic acids is 2. The van der Waals surface area contributed by atoms with Crippen molar-refractivity contribution in [2.75, 3.05) is 13.2 Å². The standard InChI is InChI=1S/C16H23BrN2O4/c1-5-18-14(20)13(19-15(21)23-16(2,3)4)10-22-12-8-6-11(17)7-9-12/h6-9,13H,5,10H2,1-4H3,(H,18,20)(H,19,21). The van der Waals surface area contributed by atoms with Gasteiger partial charge in [0.2, 0.25) is 5.91 Å². The second-order valence-corrected chi connectivity index (χ2v) is 6.77. The van der Waals surface area contributed by atoms with Crippen LogP contribution < -0.4 is 15.4 Å². The number of hydrogen-bond donors (Lipinski definition) is 2. The second-order valence-electron chi connectivity index (χ2n) is 5.86. The van der Waals surface area contributed by atoms with Crippen molar-refractivity contribution in [3.05, 3.63) is 28.7 Å². The molecule has 2 amide bonds. The third kappa shape index (κ3) is 7.88. The van der Waals surface area contributed by atoms with Gasteiger partial charge < -0.3 is 20.1 Å². The van der Waals surface area contributed by atoms with Gasteiger partial charge in [-0.15, -0.1) is 0 Å². The molecule has 0 saturated heterocycles. The van der Waals surface area contributed by atoms with Crippen molar-refractivity contribution >= 4 is 27.9 Å². The van der Waals surface area contributed by atoms with Crippen LogP contribution in [0.3, 0.4) is 0 Å². The highest BCUT2D eigenvalue weighted by atomic mass is 79.9. The molecule has 0 aliphatic rings. The number of carbonyl (C=O) groups is 2. The van der Waals surface area contributed by atoms with E-state index in [0.717, 1.165) is 4.47 Å². The lowest BCUT2D eigenvalue weighted by molar-refractivity contribution is -0.123. The van der Waals surface area contributed by atoms with Gasteiger partial charge in [-0.25, -0.2) is 4.79 Å². The summed E-state index contributed by atoms with van der Waals surface area (Å²) in [6.45, 7) is 7.54. The van der Waals surface area contributed by atoms with Gasteiger partial charge in [0.1, 0.15) is 24.0 Å². The van der Waals surface area contributed by atoms with Crippen LogP contribution in [0.25, 0.3) is 0 Å². The lowest BCUT2D eigenvalue weighted by Gasteiger charge is -2.23. The molecule has 0 fully saturated rings. The second kappa shape index (κ2) is 8.76. The zero-order valence-corrected chi connectivity index (χ0v) is 15.4. The number of likely N-dealkylation sites (N-methyl/N-ethyl adjacent to an activating group) is 1. The number of ether oxygens (including phenoxy) is 2. The monoisotopic (exact) mass is 386 g/mol. The first-order valence-electron chi connectivity index (χ1n) is 7.37. The predicted molar refractivity (Wildman–Crippen MR) is 91.5 cm³/mol. The smallest absolute Gasteiger partial charge is 0.408 e. The summed E-state index contributed by atoms with van der Waals surface area (Å²) in [7, 11) is 0.